The van der Waals surface area contributed by atoms with Gasteiger partial charge in [0, 0.05) is 18.0 Å². The number of thiophene rings is 1. The topological polar surface area (TPSA) is 41.6 Å². The van der Waals surface area contributed by atoms with Crippen LogP contribution in [0.25, 0.3) is 5.57 Å². The van der Waals surface area contributed by atoms with E-state index in [-0.39, 0.29) is 6.09 Å². The quantitative estimate of drug-likeness (QED) is 0.654. The predicted molar refractivity (Wildman–Crippen MR) is 121 cm³/mol. The normalized spacial score (nSPS) is 17.4. The van der Waals surface area contributed by atoms with Gasteiger partial charge in [-0.05, 0) is 81.8 Å². The number of amides is 1. The summed E-state index contributed by atoms with van der Waals surface area (Å²) in [6.45, 7) is 7.86. The largest absolute Gasteiger partial charge is 0.444 e. The number of likely N-dealkylation sites (tertiary alicyclic amines) is 1. The van der Waals surface area contributed by atoms with E-state index < -0.39 is 5.60 Å². The molecule has 0 radical (unpaired) electrons. The highest BCUT2D eigenvalue weighted by atomic mass is 32.1. The summed E-state index contributed by atoms with van der Waals surface area (Å²) in [5.74, 6) is 0. The molecule has 1 amide bonds. The Morgan fingerprint density at radius 2 is 1.79 bits per heavy atom. The molecule has 1 saturated heterocycles. The number of ether oxygens (including phenoxy) is 1. The first-order valence-electron chi connectivity index (χ1n) is 10.4. The van der Waals surface area contributed by atoms with E-state index >= 15 is 0 Å². The number of nitrogens with one attached hydrogen (secondary N) is 1. The molecule has 0 bridgehead atoms. The Kier molecular flexibility index (Phi) is 5.54. The number of benzene rings is 1. The van der Waals surface area contributed by atoms with Crippen LogP contribution in [0.1, 0.15) is 55.2 Å². The lowest BCUT2D eigenvalue weighted by Gasteiger charge is -2.27. The zero-order valence-corrected chi connectivity index (χ0v) is 18.6. The molecule has 2 aromatic rings. The van der Waals surface area contributed by atoms with E-state index in [0.29, 0.717) is 0 Å². The Hall–Kier alpha value is -2.11. The third kappa shape index (κ3) is 4.57. The van der Waals surface area contributed by atoms with Gasteiger partial charge in [0.05, 0.1) is 5.00 Å². The molecule has 0 spiro atoms. The first kappa shape index (κ1) is 20.2. The van der Waals surface area contributed by atoms with Crippen LogP contribution in [0, 0.1) is 0 Å². The maximum Gasteiger partial charge on any atom is 0.412 e. The number of nitrogens with zero attached hydrogens (tertiary/aromatic N) is 1. The second-order valence-electron chi connectivity index (χ2n) is 9.01. The Morgan fingerprint density at radius 1 is 1.07 bits per heavy atom. The number of anilines is 1. The fourth-order valence-corrected chi connectivity index (χ4v) is 5.24. The molecular formula is C24H30N2O2S. The van der Waals surface area contributed by atoms with Crippen LogP contribution in [0.2, 0.25) is 0 Å². The van der Waals surface area contributed by atoms with Crippen molar-refractivity contribution in [1.29, 1.82) is 0 Å². The summed E-state index contributed by atoms with van der Waals surface area (Å²) in [7, 11) is 2.20. The fourth-order valence-electron chi connectivity index (χ4n) is 4.19. The summed E-state index contributed by atoms with van der Waals surface area (Å²) < 4.78 is 5.45. The summed E-state index contributed by atoms with van der Waals surface area (Å²) >= 11 is 1.69. The van der Waals surface area contributed by atoms with E-state index in [2.05, 4.69) is 47.6 Å². The van der Waals surface area contributed by atoms with Crippen LogP contribution >= 0.6 is 11.3 Å². The molecule has 1 fully saturated rings. The molecule has 5 heteroatoms. The summed E-state index contributed by atoms with van der Waals surface area (Å²) in [6.07, 6.45) is 3.85. The van der Waals surface area contributed by atoms with Crippen molar-refractivity contribution < 1.29 is 9.53 Å². The van der Waals surface area contributed by atoms with Gasteiger partial charge in [-0.1, -0.05) is 29.8 Å². The zero-order valence-electron chi connectivity index (χ0n) is 17.8. The van der Waals surface area contributed by atoms with Crippen molar-refractivity contribution in [3.05, 3.63) is 57.5 Å². The number of hydrogen-bond acceptors (Lipinski definition) is 4. The van der Waals surface area contributed by atoms with E-state index in [0.717, 1.165) is 43.8 Å². The molecule has 0 unspecified atom stereocenters. The first-order chi connectivity index (χ1) is 13.8. The molecule has 1 aromatic heterocycles. The van der Waals surface area contributed by atoms with Crippen LogP contribution in [0.5, 0.6) is 0 Å². The molecule has 0 atom stereocenters. The maximum atomic E-state index is 12.3. The van der Waals surface area contributed by atoms with Gasteiger partial charge in [-0.15, -0.1) is 11.3 Å². The van der Waals surface area contributed by atoms with E-state index in [9.17, 15) is 4.79 Å². The highest BCUT2D eigenvalue weighted by Gasteiger charge is 2.26. The van der Waals surface area contributed by atoms with Crippen LogP contribution in [0.4, 0.5) is 9.80 Å². The summed E-state index contributed by atoms with van der Waals surface area (Å²) in [5.41, 5.74) is 6.53. The lowest BCUT2D eigenvalue weighted by molar-refractivity contribution is 0.0636. The minimum absolute atomic E-state index is 0.386. The second-order valence-corrected chi connectivity index (χ2v) is 10.2. The van der Waals surface area contributed by atoms with E-state index in [1.54, 1.807) is 16.9 Å². The van der Waals surface area contributed by atoms with Crippen molar-refractivity contribution in [2.75, 3.05) is 25.5 Å². The molecule has 1 N–H and O–H groups in total. The molecule has 1 aromatic carbocycles. The molecule has 1 aliphatic heterocycles. The van der Waals surface area contributed by atoms with Gasteiger partial charge < -0.3 is 9.64 Å². The Balaban J connectivity index is 1.73. The van der Waals surface area contributed by atoms with Crippen molar-refractivity contribution in [2.45, 2.75) is 52.1 Å². The summed E-state index contributed by atoms with van der Waals surface area (Å²) in [6, 6.07) is 11.0. The summed E-state index contributed by atoms with van der Waals surface area (Å²) in [4.78, 5) is 16.0. The number of fused-ring (bicyclic) bond motifs is 2. The monoisotopic (exact) mass is 410 g/mol. The van der Waals surface area contributed by atoms with Gasteiger partial charge in [0.25, 0.3) is 0 Å². The zero-order chi connectivity index (χ0) is 20.6. The van der Waals surface area contributed by atoms with Crippen molar-refractivity contribution in [3.63, 3.8) is 0 Å². The average Bonchev–Trinajstić information content (AvgIpc) is 2.96. The van der Waals surface area contributed by atoms with Crippen molar-refractivity contribution in [3.8, 4) is 0 Å². The highest BCUT2D eigenvalue weighted by molar-refractivity contribution is 7.16. The summed E-state index contributed by atoms with van der Waals surface area (Å²) in [5, 5.41) is 3.83. The first-order valence-corrected chi connectivity index (χ1v) is 11.2. The minimum atomic E-state index is -0.501. The smallest absolute Gasteiger partial charge is 0.412 e. The van der Waals surface area contributed by atoms with Crippen molar-refractivity contribution in [2.24, 2.45) is 0 Å². The molecule has 1 aliphatic carbocycles. The van der Waals surface area contributed by atoms with E-state index in [1.165, 1.54) is 27.1 Å². The van der Waals surface area contributed by atoms with Crippen LogP contribution in [-0.2, 0) is 17.6 Å². The second kappa shape index (κ2) is 7.96. The number of rotatable bonds is 1. The van der Waals surface area contributed by atoms with Gasteiger partial charge in [0.2, 0.25) is 0 Å². The van der Waals surface area contributed by atoms with E-state index in [1.807, 2.05) is 20.8 Å². The van der Waals surface area contributed by atoms with Gasteiger partial charge >= 0.3 is 6.09 Å². The lowest BCUT2D eigenvalue weighted by atomic mass is 9.88. The molecule has 4 nitrogen and oxygen atoms in total. The van der Waals surface area contributed by atoms with Crippen LogP contribution in [0.3, 0.4) is 0 Å². The van der Waals surface area contributed by atoms with Crippen molar-refractivity contribution in [1.82, 2.24) is 4.90 Å². The fraction of sp³-hybridized carbons (Fsp3) is 0.458. The number of carbonyl (C=O) groups is 1. The Bertz CT molecular complexity index is 942. The minimum Gasteiger partial charge on any atom is -0.444 e. The van der Waals surface area contributed by atoms with Crippen LogP contribution < -0.4 is 5.32 Å². The van der Waals surface area contributed by atoms with Gasteiger partial charge in [-0.3, -0.25) is 5.32 Å². The van der Waals surface area contributed by atoms with Gasteiger partial charge in [-0.25, -0.2) is 4.79 Å². The lowest BCUT2D eigenvalue weighted by Crippen LogP contribution is -2.27. The van der Waals surface area contributed by atoms with Gasteiger partial charge in [0.1, 0.15) is 5.60 Å². The van der Waals surface area contributed by atoms with Crippen LogP contribution in [-0.4, -0.2) is 36.7 Å². The number of piperidine rings is 1. The average molecular weight is 411 g/mol. The number of aryl methyl sites for hydroxylation is 2. The molecule has 154 valence electrons. The molecule has 2 aliphatic rings. The number of carbonyl (C=O) groups excluding carboxylic acids is 1. The molecule has 0 saturated carbocycles. The highest BCUT2D eigenvalue weighted by Crippen LogP contribution is 2.43. The number of hydrogen-bond donors (Lipinski definition) is 1. The molecule has 2 heterocycles. The third-order valence-corrected chi connectivity index (χ3v) is 6.66. The Morgan fingerprint density at radius 3 is 2.52 bits per heavy atom. The SMILES string of the molecule is CN1CCC(=C2c3ccccc3CCc3sc(NC(=O)OC(C)(C)C)cc32)CC1. The van der Waals surface area contributed by atoms with Gasteiger partial charge in [-0.2, -0.15) is 0 Å². The standard InChI is InChI=1S/C24H30N2O2S/c1-24(2,3)28-23(27)25-21-15-19-20(29-21)10-9-16-7-5-6-8-18(16)22(19)17-11-13-26(4)14-12-17/h5-8,15H,9-14H2,1-4H3,(H,25,27). The third-order valence-electron chi connectivity index (χ3n) is 5.55. The van der Waals surface area contributed by atoms with Crippen molar-refractivity contribution >= 4 is 28.0 Å². The van der Waals surface area contributed by atoms with E-state index in [4.69, 9.17) is 4.74 Å². The predicted octanol–water partition coefficient (Wildman–Crippen LogP) is 5.72. The molecule has 4 rings (SSSR count). The van der Waals surface area contributed by atoms with Gasteiger partial charge in [0.15, 0.2) is 0 Å². The van der Waals surface area contributed by atoms with Crippen LogP contribution in [0.15, 0.2) is 35.9 Å². The maximum absolute atomic E-state index is 12.3. The molecular weight excluding hydrogens is 380 g/mol. The molecule has 29 heavy (non-hydrogen) atoms. The Labute approximate surface area is 177 Å².